The second-order valence-corrected chi connectivity index (χ2v) is 5.00. The van der Waals surface area contributed by atoms with Gasteiger partial charge in [-0.25, -0.2) is 0 Å². The first kappa shape index (κ1) is 13.1. The van der Waals surface area contributed by atoms with Crippen LogP contribution in [0.4, 0.5) is 0 Å². The Morgan fingerprint density at radius 1 is 1.61 bits per heavy atom. The van der Waals surface area contributed by atoms with Gasteiger partial charge in [-0.15, -0.1) is 0 Å². The molecule has 0 spiro atoms. The van der Waals surface area contributed by atoms with Gasteiger partial charge in [0.2, 0.25) is 5.91 Å². The SMILES string of the molecule is CC1CN(C(C(=O)N(C)C)c2ccco2)CCN1. The van der Waals surface area contributed by atoms with Crippen molar-refractivity contribution in [2.45, 2.75) is 19.0 Å². The van der Waals surface area contributed by atoms with E-state index in [0.717, 1.165) is 25.4 Å². The molecule has 1 aromatic heterocycles. The van der Waals surface area contributed by atoms with Gasteiger partial charge >= 0.3 is 0 Å². The standard InChI is InChI=1S/C13H21N3O2/c1-10-9-16(7-6-14-10)12(13(17)15(2)3)11-5-4-8-18-11/h4-5,8,10,12,14H,6-7,9H2,1-3H3. The highest BCUT2D eigenvalue weighted by Gasteiger charge is 2.33. The summed E-state index contributed by atoms with van der Waals surface area (Å²) < 4.78 is 5.45. The summed E-state index contributed by atoms with van der Waals surface area (Å²) >= 11 is 0. The number of nitrogens with one attached hydrogen (secondary N) is 1. The lowest BCUT2D eigenvalue weighted by molar-refractivity contribution is -0.135. The largest absolute Gasteiger partial charge is 0.467 e. The normalized spacial score (nSPS) is 22.7. The Balaban J connectivity index is 2.22. The van der Waals surface area contributed by atoms with Crippen LogP contribution in [0.15, 0.2) is 22.8 Å². The average molecular weight is 251 g/mol. The van der Waals surface area contributed by atoms with Crippen LogP contribution in [0.2, 0.25) is 0 Å². The smallest absolute Gasteiger partial charge is 0.247 e. The van der Waals surface area contributed by atoms with Gasteiger partial charge in [-0.3, -0.25) is 9.69 Å². The number of hydrogen-bond donors (Lipinski definition) is 1. The van der Waals surface area contributed by atoms with E-state index in [9.17, 15) is 4.79 Å². The maximum atomic E-state index is 12.4. The molecule has 1 N–H and O–H groups in total. The van der Waals surface area contributed by atoms with E-state index >= 15 is 0 Å². The lowest BCUT2D eigenvalue weighted by atomic mass is 10.1. The molecule has 5 nitrogen and oxygen atoms in total. The van der Waals surface area contributed by atoms with Gasteiger partial charge in [-0.1, -0.05) is 0 Å². The van der Waals surface area contributed by atoms with Crippen molar-refractivity contribution >= 4 is 5.91 Å². The molecule has 0 aliphatic carbocycles. The molecule has 0 aromatic carbocycles. The third-order valence-electron chi connectivity index (χ3n) is 3.25. The van der Waals surface area contributed by atoms with Gasteiger partial charge in [-0.05, 0) is 19.1 Å². The number of furan rings is 1. The highest BCUT2D eigenvalue weighted by molar-refractivity contribution is 5.82. The molecule has 2 heterocycles. The summed E-state index contributed by atoms with van der Waals surface area (Å²) in [6, 6.07) is 3.79. The summed E-state index contributed by atoms with van der Waals surface area (Å²) in [5.74, 6) is 0.793. The molecule has 2 unspecified atom stereocenters. The van der Waals surface area contributed by atoms with Crippen molar-refractivity contribution in [3.05, 3.63) is 24.2 Å². The summed E-state index contributed by atoms with van der Waals surface area (Å²) in [5.41, 5.74) is 0. The number of nitrogens with zero attached hydrogens (tertiary/aromatic N) is 2. The van der Waals surface area contributed by atoms with Gasteiger partial charge in [-0.2, -0.15) is 0 Å². The lowest BCUT2D eigenvalue weighted by Gasteiger charge is -2.37. The van der Waals surface area contributed by atoms with Gasteiger partial charge < -0.3 is 14.6 Å². The van der Waals surface area contributed by atoms with Crippen LogP contribution in [0.3, 0.4) is 0 Å². The molecule has 1 aromatic rings. The van der Waals surface area contributed by atoms with Crippen molar-refractivity contribution in [2.75, 3.05) is 33.7 Å². The van der Waals surface area contributed by atoms with Crippen LogP contribution in [-0.4, -0.2) is 55.5 Å². The highest BCUT2D eigenvalue weighted by atomic mass is 16.3. The van der Waals surface area contributed by atoms with Crippen molar-refractivity contribution < 1.29 is 9.21 Å². The first-order chi connectivity index (χ1) is 8.59. The molecule has 1 aliphatic rings. The van der Waals surface area contributed by atoms with Crippen LogP contribution < -0.4 is 5.32 Å². The Morgan fingerprint density at radius 2 is 2.39 bits per heavy atom. The molecule has 2 atom stereocenters. The van der Waals surface area contributed by atoms with Crippen LogP contribution >= 0.6 is 0 Å². The molecule has 100 valence electrons. The number of rotatable bonds is 3. The Morgan fingerprint density at radius 3 is 2.94 bits per heavy atom. The monoisotopic (exact) mass is 251 g/mol. The van der Waals surface area contributed by atoms with E-state index in [0.29, 0.717) is 6.04 Å². The van der Waals surface area contributed by atoms with Crippen LogP contribution in [0, 0.1) is 0 Å². The molecule has 1 aliphatic heterocycles. The molecule has 0 bridgehead atoms. The maximum absolute atomic E-state index is 12.4. The molecular formula is C13H21N3O2. The van der Waals surface area contributed by atoms with E-state index in [1.165, 1.54) is 0 Å². The number of piperazine rings is 1. The summed E-state index contributed by atoms with van der Waals surface area (Å²) in [5, 5.41) is 3.38. The molecule has 0 radical (unpaired) electrons. The Hall–Kier alpha value is -1.33. The molecule has 0 saturated carbocycles. The van der Waals surface area contributed by atoms with Crippen LogP contribution in [0.1, 0.15) is 18.7 Å². The molecule has 1 saturated heterocycles. The van der Waals surface area contributed by atoms with Crippen molar-refractivity contribution in [2.24, 2.45) is 0 Å². The van der Waals surface area contributed by atoms with E-state index < -0.39 is 0 Å². The van der Waals surface area contributed by atoms with Crippen LogP contribution in [0.5, 0.6) is 0 Å². The van der Waals surface area contributed by atoms with Gasteiger partial charge in [0.15, 0.2) is 0 Å². The fourth-order valence-corrected chi connectivity index (χ4v) is 2.35. The number of amides is 1. The third-order valence-corrected chi connectivity index (χ3v) is 3.25. The summed E-state index contributed by atoms with van der Waals surface area (Å²) in [6.07, 6.45) is 1.62. The molecule has 1 amide bonds. The van der Waals surface area contributed by atoms with E-state index in [2.05, 4.69) is 17.1 Å². The number of likely N-dealkylation sites (N-methyl/N-ethyl adjacent to an activating group) is 1. The summed E-state index contributed by atoms with van der Waals surface area (Å²) in [4.78, 5) is 16.2. The van der Waals surface area contributed by atoms with E-state index in [4.69, 9.17) is 4.42 Å². The van der Waals surface area contributed by atoms with Gasteiger partial charge in [0, 0.05) is 39.8 Å². The average Bonchev–Trinajstić information content (AvgIpc) is 2.83. The van der Waals surface area contributed by atoms with Crippen molar-refractivity contribution in [3.8, 4) is 0 Å². The van der Waals surface area contributed by atoms with Crippen molar-refractivity contribution in [1.29, 1.82) is 0 Å². The van der Waals surface area contributed by atoms with Gasteiger partial charge in [0.1, 0.15) is 11.8 Å². The predicted molar refractivity (Wildman–Crippen MR) is 69.2 cm³/mol. The fourth-order valence-electron chi connectivity index (χ4n) is 2.35. The van der Waals surface area contributed by atoms with Crippen molar-refractivity contribution in [1.82, 2.24) is 15.1 Å². The minimum absolute atomic E-state index is 0.0686. The zero-order valence-electron chi connectivity index (χ0n) is 11.2. The summed E-state index contributed by atoms with van der Waals surface area (Å²) in [7, 11) is 3.56. The van der Waals surface area contributed by atoms with E-state index in [1.807, 2.05) is 12.1 Å². The minimum Gasteiger partial charge on any atom is -0.467 e. The Bertz CT molecular complexity index is 389. The molecule has 5 heteroatoms. The van der Waals surface area contributed by atoms with Crippen LogP contribution in [0.25, 0.3) is 0 Å². The first-order valence-electron chi connectivity index (χ1n) is 6.31. The van der Waals surface area contributed by atoms with E-state index in [-0.39, 0.29) is 11.9 Å². The zero-order chi connectivity index (χ0) is 13.1. The molecule has 2 rings (SSSR count). The molecule has 18 heavy (non-hydrogen) atoms. The second-order valence-electron chi connectivity index (χ2n) is 5.00. The fraction of sp³-hybridized carbons (Fsp3) is 0.615. The van der Waals surface area contributed by atoms with Gasteiger partial charge in [0.25, 0.3) is 0 Å². The zero-order valence-corrected chi connectivity index (χ0v) is 11.2. The third kappa shape index (κ3) is 2.73. The van der Waals surface area contributed by atoms with Gasteiger partial charge in [0.05, 0.1) is 6.26 Å². The lowest BCUT2D eigenvalue weighted by Crippen LogP contribution is -2.53. The molecule has 1 fully saturated rings. The number of carbonyl (C=O) groups excluding carboxylic acids is 1. The Kier molecular flexibility index (Phi) is 4.04. The number of hydrogen-bond acceptors (Lipinski definition) is 4. The highest BCUT2D eigenvalue weighted by Crippen LogP contribution is 2.24. The van der Waals surface area contributed by atoms with Crippen molar-refractivity contribution in [3.63, 3.8) is 0 Å². The van der Waals surface area contributed by atoms with E-state index in [1.54, 1.807) is 25.3 Å². The quantitative estimate of drug-likeness (QED) is 0.859. The Labute approximate surface area is 108 Å². The first-order valence-corrected chi connectivity index (χ1v) is 6.31. The second kappa shape index (κ2) is 5.54. The van der Waals surface area contributed by atoms with Crippen LogP contribution in [-0.2, 0) is 4.79 Å². The maximum Gasteiger partial charge on any atom is 0.247 e. The molecular weight excluding hydrogens is 230 g/mol. The predicted octanol–water partition coefficient (Wildman–Crippen LogP) is 0.703. The minimum atomic E-state index is -0.306. The summed E-state index contributed by atoms with van der Waals surface area (Å²) in [6.45, 7) is 4.74. The topological polar surface area (TPSA) is 48.7 Å². The number of carbonyl (C=O) groups is 1.